The number of nitrogens with zero attached hydrogens (tertiary/aromatic N) is 4. The zero-order chi connectivity index (χ0) is 14.5. The zero-order valence-electron chi connectivity index (χ0n) is 11.7. The van der Waals surface area contributed by atoms with Crippen molar-refractivity contribution < 1.29 is 9.90 Å². The average molecular weight is 274 g/mol. The van der Waals surface area contributed by atoms with Gasteiger partial charge in [0.05, 0.1) is 5.92 Å². The van der Waals surface area contributed by atoms with Gasteiger partial charge in [0.2, 0.25) is 0 Å². The van der Waals surface area contributed by atoms with Gasteiger partial charge in [0.1, 0.15) is 0 Å². The van der Waals surface area contributed by atoms with E-state index in [1.165, 1.54) is 11.1 Å². The summed E-state index contributed by atoms with van der Waals surface area (Å²) in [6, 6.07) is 8.09. The molecule has 106 valence electrons. The number of hydrogen-bond donors (Lipinski definition) is 1. The molecule has 1 heterocycles. The fraction of sp³-hybridized carbons (Fsp3) is 0.429. The van der Waals surface area contributed by atoms with Gasteiger partial charge in [0.25, 0.3) is 0 Å². The molecule has 2 rings (SSSR count). The molecular weight excluding hydrogens is 256 g/mol. The number of aryl methyl sites for hydroxylation is 2. The summed E-state index contributed by atoms with van der Waals surface area (Å²) in [5.41, 5.74) is 2.37. The predicted molar refractivity (Wildman–Crippen MR) is 73.2 cm³/mol. The van der Waals surface area contributed by atoms with Crippen LogP contribution in [0.5, 0.6) is 0 Å². The molecule has 20 heavy (non-hydrogen) atoms. The lowest BCUT2D eigenvalue weighted by molar-refractivity contribution is -0.141. The fourth-order valence-electron chi connectivity index (χ4n) is 1.94. The second-order valence-electron chi connectivity index (χ2n) is 4.95. The van der Waals surface area contributed by atoms with E-state index in [9.17, 15) is 4.79 Å². The summed E-state index contributed by atoms with van der Waals surface area (Å²) in [7, 11) is 0. The van der Waals surface area contributed by atoms with E-state index in [1.807, 2.05) is 18.2 Å². The van der Waals surface area contributed by atoms with Gasteiger partial charge in [-0.05, 0) is 34.9 Å². The molecule has 1 atom stereocenters. The lowest BCUT2D eigenvalue weighted by Crippen LogP contribution is -2.15. The van der Waals surface area contributed by atoms with Crippen LogP contribution in [0.4, 0.5) is 0 Å². The van der Waals surface area contributed by atoms with Crippen molar-refractivity contribution in [2.45, 2.75) is 33.2 Å². The van der Waals surface area contributed by atoms with Crippen LogP contribution >= 0.6 is 0 Å². The molecule has 6 nitrogen and oxygen atoms in total. The smallest absolute Gasteiger partial charge is 0.306 e. The number of carbonyl (C=O) groups is 1. The van der Waals surface area contributed by atoms with Crippen molar-refractivity contribution in [3.05, 3.63) is 41.2 Å². The molecular formula is C14H18N4O2. The fourth-order valence-corrected chi connectivity index (χ4v) is 1.94. The maximum absolute atomic E-state index is 10.8. The summed E-state index contributed by atoms with van der Waals surface area (Å²) in [6.45, 7) is 4.26. The Labute approximate surface area is 117 Å². The third kappa shape index (κ3) is 3.40. The summed E-state index contributed by atoms with van der Waals surface area (Å²) >= 11 is 0. The Morgan fingerprint density at radius 2 is 2.15 bits per heavy atom. The van der Waals surface area contributed by atoms with Gasteiger partial charge < -0.3 is 5.11 Å². The lowest BCUT2D eigenvalue weighted by Gasteiger charge is -2.08. The van der Waals surface area contributed by atoms with Crippen LogP contribution in [0.1, 0.15) is 30.3 Å². The van der Waals surface area contributed by atoms with E-state index in [0.29, 0.717) is 19.4 Å². The van der Waals surface area contributed by atoms with E-state index < -0.39 is 11.9 Å². The Hall–Kier alpha value is -2.24. The second-order valence-corrected chi connectivity index (χ2v) is 4.95. The largest absolute Gasteiger partial charge is 0.481 e. The Kier molecular flexibility index (Phi) is 4.45. The molecule has 1 aromatic heterocycles. The Morgan fingerprint density at radius 1 is 1.40 bits per heavy atom. The molecule has 1 unspecified atom stereocenters. The highest BCUT2D eigenvalue weighted by molar-refractivity contribution is 5.69. The first-order valence-electron chi connectivity index (χ1n) is 6.60. The monoisotopic (exact) mass is 274 g/mol. The summed E-state index contributed by atoms with van der Waals surface area (Å²) in [5.74, 6) is -0.430. The molecule has 0 aliphatic carbocycles. The number of carboxylic acids is 1. The summed E-state index contributed by atoms with van der Waals surface area (Å²) in [6.07, 6.45) is 1.17. The second kappa shape index (κ2) is 6.27. The minimum Gasteiger partial charge on any atom is -0.481 e. The Morgan fingerprint density at radius 3 is 2.85 bits per heavy atom. The van der Waals surface area contributed by atoms with Crippen molar-refractivity contribution >= 4 is 5.97 Å². The van der Waals surface area contributed by atoms with E-state index in [0.717, 1.165) is 5.82 Å². The molecule has 0 saturated heterocycles. The first-order chi connectivity index (χ1) is 9.58. The van der Waals surface area contributed by atoms with E-state index in [-0.39, 0.29) is 0 Å². The van der Waals surface area contributed by atoms with Crippen LogP contribution < -0.4 is 0 Å². The third-order valence-corrected chi connectivity index (χ3v) is 3.41. The Bertz CT molecular complexity index is 594. The molecule has 0 aliphatic heterocycles. The van der Waals surface area contributed by atoms with Crippen molar-refractivity contribution in [2.24, 2.45) is 5.92 Å². The molecule has 0 spiro atoms. The van der Waals surface area contributed by atoms with E-state index >= 15 is 0 Å². The number of tetrazole rings is 1. The number of carboxylic acid groups (broad SMARTS) is 1. The molecule has 0 bridgehead atoms. The van der Waals surface area contributed by atoms with Crippen molar-refractivity contribution in [1.29, 1.82) is 0 Å². The average Bonchev–Trinajstić information content (AvgIpc) is 2.86. The first-order valence-corrected chi connectivity index (χ1v) is 6.60. The molecule has 0 radical (unpaired) electrons. The van der Waals surface area contributed by atoms with Crippen molar-refractivity contribution in [2.75, 3.05) is 0 Å². The summed E-state index contributed by atoms with van der Waals surface area (Å²) in [5, 5.41) is 20.5. The number of aromatic nitrogens is 4. The van der Waals surface area contributed by atoms with Gasteiger partial charge in [-0.3, -0.25) is 4.79 Å². The lowest BCUT2D eigenvalue weighted by atomic mass is 10.1. The number of hydrogen-bond acceptors (Lipinski definition) is 4. The molecule has 1 N–H and O–H groups in total. The molecule has 1 aromatic carbocycles. The highest BCUT2D eigenvalue weighted by Gasteiger charge is 2.13. The summed E-state index contributed by atoms with van der Waals surface area (Å²) in [4.78, 5) is 10.8. The van der Waals surface area contributed by atoms with Gasteiger partial charge in [0, 0.05) is 13.0 Å². The normalized spacial score (nSPS) is 12.3. The molecule has 0 amide bonds. The highest BCUT2D eigenvalue weighted by Crippen LogP contribution is 2.12. The van der Waals surface area contributed by atoms with E-state index in [4.69, 9.17) is 5.11 Å². The number of benzene rings is 1. The van der Waals surface area contributed by atoms with E-state index in [2.05, 4.69) is 28.5 Å². The van der Waals surface area contributed by atoms with Crippen LogP contribution in [0, 0.1) is 12.8 Å². The van der Waals surface area contributed by atoms with Crippen LogP contribution in [-0.2, 0) is 17.8 Å². The molecule has 0 saturated carbocycles. The molecule has 6 heteroatoms. The van der Waals surface area contributed by atoms with E-state index in [1.54, 1.807) is 11.6 Å². The SMILES string of the molecule is Cc1ccccc1Cc1nnnn1CCC(C)C(=O)O. The quantitative estimate of drug-likeness (QED) is 0.866. The van der Waals surface area contributed by atoms with Crippen molar-refractivity contribution in [1.82, 2.24) is 20.2 Å². The van der Waals surface area contributed by atoms with Gasteiger partial charge in [-0.25, -0.2) is 4.68 Å². The molecule has 0 fully saturated rings. The minimum absolute atomic E-state index is 0.398. The van der Waals surface area contributed by atoms with Crippen LogP contribution in [0.3, 0.4) is 0 Å². The number of rotatable bonds is 6. The molecule has 0 aliphatic rings. The van der Waals surface area contributed by atoms with Crippen molar-refractivity contribution in [3.63, 3.8) is 0 Å². The van der Waals surface area contributed by atoms with Gasteiger partial charge in [-0.2, -0.15) is 0 Å². The van der Waals surface area contributed by atoms with Crippen LogP contribution in [-0.4, -0.2) is 31.3 Å². The van der Waals surface area contributed by atoms with Crippen LogP contribution in [0.15, 0.2) is 24.3 Å². The molecule has 2 aromatic rings. The van der Waals surface area contributed by atoms with Gasteiger partial charge in [0.15, 0.2) is 5.82 Å². The van der Waals surface area contributed by atoms with Crippen molar-refractivity contribution in [3.8, 4) is 0 Å². The van der Waals surface area contributed by atoms with Crippen LogP contribution in [0.2, 0.25) is 0 Å². The summed E-state index contributed by atoms with van der Waals surface area (Å²) < 4.78 is 1.69. The Balaban J connectivity index is 2.05. The maximum atomic E-state index is 10.8. The highest BCUT2D eigenvalue weighted by atomic mass is 16.4. The van der Waals surface area contributed by atoms with Gasteiger partial charge in [-0.1, -0.05) is 31.2 Å². The maximum Gasteiger partial charge on any atom is 0.306 e. The van der Waals surface area contributed by atoms with Crippen LogP contribution in [0.25, 0.3) is 0 Å². The third-order valence-electron chi connectivity index (χ3n) is 3.41. The topological polar surface area (TPSA) is 80.9 Å². The van der Waals surface area contributed by atoms with Gasteiger partial charge >= 0.3 is 5.97 Å². The van der Waals surface area contributed by atoms with Gasteiger partial charge in [-0.15, -0.1) is 5.10 Å². The minimum atomic E-state index is -0.793. The predicted octanol–water partition coefficient (Wildman–Crippen LogP) is 1.68. The number of aliphatic carboxylic acids is 1. The standard InChI is InChI=1S/C14H18N4O2/c1-10-5-3-4-6-12(10)9-13-15-16-17-18(13)8-7-11(2)14(19)20/h3-6,11H,7-9H2,1-2H3,(H,19,20). The zero-order valence-corrected chi connectivity index (χ0v) is 11.7. The first kappa shape index (κ1) is 14.2.